The van der Waals surface area contributed by atoms with E-state index in [0.717, 1.165) is 18.1 Å². The normalized spacial score (nSPS) is 10.3. The molecule has 0 amide bonds. The van der Waals surface area contributed by atoms with Crippen molar-refractivity contribution in [1.29, 1.82) is 0 Å². The fraction of sp³-hybridized carbons (Fsp3) is 0.158. The van der Waals surface area contributed by atoms with Crippen LogP contribution in [-0.2, 0) is 6.54 Å². The van der Waals surface area contributed by atoms with Gasteiger partial charge in [-0.1, -0.05) is 48.0 Å². The summed E-state index contributed by atoms with van der Waals surface area (Å²) in [4.78, 5) is 8.80. The first-order chi connectivity index (χ1) is 11.2. The highest BCUT2D eigenvalue weighted by Gasteiger charge is 2.03. The third kappa shape index (κ3) is 4.07. The Morgan fingerprint density at radius 3 is 2.57 bits per heavy atom. The van der Waals surface area contributed by atoms with Gasteiger partial charge in [-0.25, -0.2) is 4.98 Å². The molecule has 0 atom stereocenters. The molecule has 0 unspecified atom stereocenters. The first-order valence-electron chi connectivity index (χ1n) is 7.66. The molecule has 2 aromatic carbocycles. The van der Waals surface area contributed by atoms with E-state index in [9.17, 15) is 0 Å². The Morgan fingerprint density at radius 2 is 1.78 bits per heavy atom. The summed E-state index contributed by atoms with van der Waals surface area (Å²) in [5.74, 6) is 1.39. The summed E-state index contributed by atoms with van der Waals surface area (Å²) in [5.41, 5.74) is 4.66. The van der Waals surface area contributed by atoms with Crippen molar-refractivity contribution >= 4 is 17.5 Å². The summed E-state index contributed by atoms with van der Waals surface area (Å²) in [7, 11) is 0. The lowest BCUT2D eigenvalue weighted by molar-refractivity contribution is 1.08. The predicted octanol–water partition coefficient (Wildman–Crippen LogP) is 4.45. The SMILES string of the molecule is Cc1ccc(Nc2nccc(NCc3ccccc3)n2)c(C)c1. The number of anilines is 3. The molecule has 1 heterocycles. The first kappa shape index (κ1) is 15.0. The molecule has 0 saturated heterocycles. The summed E-state index contributed by atoms with van der Waals surface area (Å²) in [5, 5.41) is 6.60. The molecule has 3 aromatic rings. The minimum atomic E-state index is 0.593. The van der Waals surface area contributed by atoms with Gasteiger partial charge in [0.15, 0.2) is 0 Å². The number of nitrogens with one attached hydrogen (secondary N) is 2. The lowest BCUT2D eigenvalue weighted by Gasteiger charge is -2.10. The smallest absolute Gasteiger partial charge is 0.229 e. The fourth-order valence-corrected chi connectivity index (χ4v) is 2.38. The molecule has 116 valence electrons. The summed E-state index contributed by atoms with van der Waals surface area (Å²) < 4.78 is 0. The third-order valence-corrected chi connectivity index (χ3v) is 3.60. The van der Waals surface area contributed by atoms with Gasteiger partial charge in [0.05, 0.1) is 0 Å². The molecular weight excluding hydrogens is 284 g/mol. The monoisotopic (exact) mass is 304 g/mol. The van der Waals surface area contributed by atoms with Crippen LogP contribution in [0.4, 0.5) is 17.5 Å². The molecule has 0 radical (unpaired) electrons. The molecule has 1 aromatic heterocycles. The van der Waals surface area contributed by atoms with Crippen LogP contribution in [0.25, 0.3) is 0 Å². The molecule has 3 rings (SSSR count). The fourth-order valence-electron chi connectivity index (χ4n) is 2.38. The van der Waals surface area contributed by atoms with Gasteiger partial charge in [-0.05, 0) is 37.1 Å². The summed E-state index contributed by atoms with van der Waals surface area (Å²) >= 11 is 0. The highest BCUT2D eigenvalue weighted by atomic mass is 15.1. The minimum Gasteiger partial charge on any atom is -0.366 e. The molecule has 0 spiro atoms. The molecule has 4 nitrogen and oxygen atoms in total. The van der Waals surface area contributed by atoms with Crippen LogP contribution in [0.3, 0.4) is 0 Å². The van der Waals surface area contributed by atoms with Crippen molar-refractivity contribution in [3.8, 4) is 0 Å². The van der Waals surface area contributed by atoms with Crippen molar-refractivity contribution < 1.29 is 0 Å². The van der Waals surface area contributed by atoms with Crippen molar-refractivity contribution in [2.24, 2.45) is 0 Å². The number of benzene rings is 2. The molecule has 0 fully saturated rings. The Kier molecular flexibility index (Phi) is 4.52. The van der Waals surface area contributed by atoms with Gasteiger partial charge in [0, 0.05) is 18.4 Å². The van der Waals surface area contributed by atoms with E-state index in [0.29, 0.717) is 5.95 Å². The van der Waals surface area contributed by atoms with E-state index in [2.05, 4.69) is 64.8 Å². The van der Waals surface area contributed by atoms with Crippen LogP contribution in [0.2, 0.25) is 0 Å². The van der Waals surface area contributed by atoms with Gasteiger partial charge >= 0.3 is 0 Å². The number of aryl methyl sites for hydroxylation is 2. The van der Waals surface area contributed by atoms with Gasteiger partial charge in [-0.2, -0.15) is 4.98 Å². The van der Waals surface area contributed by atoms with E-state index in [1.807, 2.05) is 24.3 Å². The lowest BCUT2D eigenvalue weighted by Crippen LogP contribution is -2.04. The number of aromatic nitrogens is 2. The number of hydrogen-bond donors (Lipinski definition) is 2. The number of nitrogens with zero attached hydrogens (tertiary/aromatic N) is 2. The quantitative estimate of drug-likeness (QED) is 0.731. The summed E-state index contributed by atoms with van der Waals surface area (Å²) in [6.07, 6.45) is 1.76. The largest absolute Gasteiger partial charge is 0.366 e. The molecule has 0 bridgehead atoms. The molecule has 2 N–H and O–H groups in total. The average Bonchev–Trinajstić information content (AvgIpc) is 2.57. The molecule has 0 saturated carbocycles. The van der Waals surface area contributed by atoms with Crippen molar-refractivity contribution in [3.63, 3.8) is 0 Å². The maximum Gasteiger partial charge on any atom is 0.229 e. The topological polar surface area (TPSA) is 49.8 Å². The van der Waals surface area contributed by atoms with E-state index in [1.54, 1.807) is 6.20 Å². The Labute approximate surface area is 136 Å². The third-order valence-electron chi connectivity index (χ3n) is 3.60. The number of rotatable bonds is 5. The van der Waals surface area contributed by atoms with Gasteiger partial charge in [-0.15, -0.1) is 0 Å². The van der Waals surface area contributed by atoms with E-state index in [-0.39, 0.29) is 0 Å². The van der Waals surface area contributed by atoms with E-state index in [1.165, 1.54) is 16.7 Å². The minimum absolute atomic E-state index is 0.593. The van der Waals surface area contributed by atoms with Gasteiger partial charge in [0.25, 0.3) is 0 Å². The molecule has 0 aliphatic heterocycles. The van der Waals surface area contributed by atoms with Crippen molar-refractivity contribution in [3.05, 3.63) is 77.5 Å². The van der Waals surface area contributed by atoms with Crippen LogP contribution in [0, 0.1) is 13.8 Å². The van der Waals surface area contributed by atoms with Gasteiger partial charge in [0.1, 0.15) is 5.82 Å². The van der Waals surface area contributed by atoms with E-state index in [4.69, 9.17) is 0 Å². The Bertz CT molecular complexity index is 784. The predicted molar refractivity (Wildman–Crippen MR) is 95.0 cm³/mol. The zero-order chi connectivity index (χ0) is 16.1. The van der Waals surface area contributed by atoms with Gasteiger partial charge < -0.3 is 10.6 Å². The van der Waals surface area contributed by atoms with Gasteiger partial charge in [0.2, 0.25) is 5.95 Å². The van der Waals surface area contributed by atoms with Crippen molar-refractivity contribution in [2.75, 3.05) is 10.6 Å². The first-order valence-corrected chi connectivity index (χ1v) is 7.66. The van der Waals surface area contributed by atoms with E-state index >= 15 is 0 Å². The van der Waals surface area contributed by atoms with Crippen LogP contribution in [0.1, 0.15) is 16.7 Å². The van der Waals surface area contributed by atoms with Crippen LogP contribution >= 0.6 is 0 Å². The zero-order valence-corrected chi connectivity index (χ0v) is 13.4. The highest BCUT2D eigenvalue weighted by molar-refractivity contribution is 5.59. The van der Waals surface area contributed by atoms with Crippen LogP contribution in [0.5, 0.6) is 0 Å². The Balaban J connectivity index is 1.69. The Morgan fingerprint density at radius 1 is 0.957 bits per heavy atom. The summed E-state index contributed by atoms with van der Waals surface area (Å²) in [6.45, 7) is 4.90. The van der Waals surface area contributed by atoms with Gasteiger partial charge in [-0.3, -0.25) is 0 Å². The van der Waals surface area contributed by atoms with Crippen molar-refractivity contribution in [1.82, 2.24) is 9.97 Å². The summed E-state index contributed by atoms with van der Waals surface area (Å²) in [6, 6.07) is 18.4. The van der Waals surface area contributed by atoms with Crippen molar-refractivity contribution in [2.45, 2.75) is 20.4 Å². The molecule has 0 aliphatic rings. The Hall–Kier alpha value is -2.88. The average molecular weight is 304 g/mol. The lowest BCUT2D eigenvalue weighted by atomic mass is 10.1. The van der Waals surface area contributed by atoms with Crippen LogP contribution in [-0.4, -0.2) is 9.97 Å². The molecule has 0 aliphatic carbocycles. The van der Waals surface area contributed by atoms with Crippen LogP contribution in [0.15, 0.2) is 60.8 Å². The maximum absolute atomic E-state index is 4.51. The number of hydrogen-bond acceptors (Lipinski definition) is 4. The molecule has 4 heteroatoms. The standard InChI is InChI=1S/C19H20N4/c1-14-8-9-17(15(2)12-14)22-19-20-11-10-18(23-19)21-13-16-6-4-3-5-7-16/h3-12H,13H2,1-2H3,(H2,20,21,22,23). The van der Waals surface area contributed by atoms with Crippen LogP contribution < -0.4 is 10.6 Å². The van der Waals surface area contributed by atoms with E-state index < -0.39 is 0 Å². The zero-order valence-electron chi connectivity index (χ0n) is 13.4. The second-order valence-corrected chi connectivity index (χ2v) is 5.55. The highest BCUT2D eigenvalue weighted by Crippen LogP contribution is 2.20. The second kappa shape index (κ2) is 6.92. The maximum atomic E-state index is 4.51. The molecule has 23 heavy (non-hydrogen) atoms. The molecular formula is C19H20N4. The second-order valence-electron chi connectivity index (χ2n) is 5.55.